The predicted molar refractivity (Wildman–Crippen MR) is 56.1 cm³/mol. The van der Waals surface area contributed by atoms with E-state index in [0.29, 0.717) is 11.8 Å². The van der Waals surface area contributed by atoms with Crippen molar-refractivity contribution in [2.24, 2.45) is 7.05 Å². The standard InChI is InChI=1S/C11H17N3/c1-7(2)10-9(6-12)11(8(3)4)14(5)13-10/h7-8H,1-5H3. The third-order valence-electron chi connectivity index (χ3n) is 2.32. The van der Waals surface area contributed by atoms with Crippen LogP contribution in [0.5, 0.6) is 0 Å². The minimum absolute atomic E-state index is 0.309. The molecule has 3 heteroatoms. The maximum absolute atomic E-state index is 9.11. The first-order valence-corrected chi connectivity index (χ1v) is 4.95. The first kappa shape index (κ1) is 10.8. The summed E-state index contributed by atoms with van der Waals surface area (Å²) in [6.07, 6.45) is 0. The van der Waals surface area contributed by atoms with Gasteiger partial charge >= 0.3 is 0 Å². The molecule has 76 valence electrons. The van der Waals surface area contributed by atoms with Crippen molar-refractivity contribution >= 4 is 0 Å². The first-order chi connectivity index (χ1) is 6.49. The minimum Gasteiger partial charge on any atom is -0.271 e. The summed E-state index contributed by atoms with van der Waals surface area (Å²) >= 11 is 0. The SMILES string of the molecule is CC(C)c1nn(C)c(C(C)C)c1C#N. The lowest BCUT2D eigenvalue weighted by Crippen LogP contribution is -2.01. The van der Waals surface area contributed by atoms with Crippen molar-refractivity contribution in [3.63, 3.8) is 0 Å². The molecule has 0 aromatic carbocycles. The van der Waals surface area contributed by atoms with Gasteiger partial charge in [-0.2, -0.15) is 10.4 Å². The van der Waals surface area contributed by atoms with E-state index in [1.165, 1.54) is 0 Å². The molecule has 0 atom stereocenters. The van der Waals surface area contributed by atoms with Crippen molar-refractivity contribution in [3.05, 3.63) is 17.0 Å². The summed E-state index contributed by atoms with van der Waals surface area (Å²) in [5.41, 5.74) is 2.72. The monoisotopic (exact) mass is 191 g/mol. The first-order valence-electron chi connectivity index (χ1n) is 4.95. The Morgan fingerprint density at radius 2 is 1.79 bits per heavy atom. The highest BCUT2D eigenvalue weighted by Gasteiger charge is 2.19. The molecule has 0 amide bonds. The summed E-state index contributed by atoms with van der Waals surface area (Å²) in [5, 5.41) is 13.5. The molecule has 0 fully saturated rings. The Morgan fingerprint density at radius 1 is 1.21 bits per heavy atom. The molecule has 1 heterocycles. The third-order valence-corrected chi connectivity index (χ3v) is 2.32. The summed E-state index contributed by atoms with van der Waals surface area (Å²) in [5.74, 6) is 0.651. The van der Waals surface area contributed by atoms with Crippen LogP contribution in [0, 0.1) is 11.3 Å². The van der Waals surface area contributed by atoms with Crippen LogP contribution in [0.3, 0.4) is 0 Å². The highest BCUT2D eigenvalue weighted by molar-refractivity contribution is 5.41. The van der Waals surface area contributed by atoms with Crippen molar-refractivity contribution in [3.8, 4) is 6.07 Å². The van der Waals surface area contributed by atoms with E-state index in [9.17, 15) is 0 Å². The molecular formula is C11H17N3. The van der Waals surface area contributed by atoms with Gasteiger partial charge in [0.1, 0.15) is 6.07 Å². The topological polar surface area (TPSA) is 41.6 Å². The lowest BCUT2D eigenvalue weighted by molar-refractivity contribution is 0.653. The maximum Gasteiger partial charge on any atom is 0.103 e. The minimum atomic E-state index is 0.309. The molecule has 0 saturated carbocycles. The second-order valence-electron chi connectivity index (χ2n) is 4.19. The number of nitrogens with zero attached hydrogens (tertiary/aromatic N) is 3. The molecule has 14 heavy (non-hydrogen) atoms. The molecule has 0 spiro atoms. The van der Waals surface area contributed by atoms with E-state index < -0.39 is 0 Å². The zero-order valence-electron chi connectivity index (χ0n) is 9.50. The molecule has 0 saturated heterocycles. The maximum atomic E-state index is 9.11. The number of aromatic nitrogens is 2. The van der Waals surface area contributed by atoms with Crippen LogP contribution in [0.4, 0.5) is 0 Å². The molecule has 0 radical (unpaired) electrons. The molecular weight excluding hydrogens is 174 g/mol. The smallest absolute Gasteiger partial charge is 0.103 e. The average Bonchev–Trinajstić information content (AvgIpc) is 2.41. The third kappa shape index (κ3) is 1.65. The average molecular weight is 191 g/mol. The van der Waals surface area contributed by atoms with E-state index in [1.54, 1.807) is 0 Å². The van der Waals surface area contributed by atoms with E-state index in [-0.39, 0.29) is 0 Å². The molecule has 0 N–H and O–H groups in total. The van der Waals surface area contributed by atoms with Gasteiger partial charge in [-0.1, -0.05) is 27.7 Å². The van der Waals surface area contributed by atoms with Crippen LogP contribution >= 0.6 is 0 Å². The fraction of sp³-hybridized carbons (Fsp3) is 0.636. The Bertz CT molecular complexity index is 367. The van der Waals surface area contributed by atoms with Gasteiger partial charge in [0.05, 0.1) is 17.0 Å². The Hall–Kier alpha value is -1.30. The second-order valence-corrected chi connectivity index (χ2v) is 4.19. The van der Waals surface area contributed by atoms with Crippen molar-refractivity contribution < 1.29 is 0 Å². The summed E-state index contributed by atoms with van der Waals surface area (Å²) in [7, 11) is 1.90. The number of nitriles is 1. The fourth-order valence-corrected chi connectivity index (χ4v) is 1.74. The van der Waals surface area contributed by atoms with Gasteiger partial charge in [0.2, 0.25) is 0 Å². The molecule has 0 bridgehead atoms. The van der Waals surface area contributed by atoms with Gasteiger partial charge in [0.15, 0.2) is 0 Å². The fourth-order valence-electron chi connectivity index (χ4n) is 1.74. The van der Waals surface area contributed by atoms with Gasteiger partial charge in [-0.25, -0.2) is 0 Å². The molecule has 1 aromatic heterocycles. The number of aryl methyl sites for hydroxylation is 1. The van der Waals surface area contributed by atoms with Crippen molar-refractivity contribution in [1.82, 2.24) is 9.78 Å². The van der Waals surface area contributed by atoms with E-state index >= 15 is 0 Å². The number of rotatable bonds is 2. The van der Waals surface area contributed by atoms with Crippen LogP contribution in [0.2, 0.25) is 0 Å². The molecule has 0 aliphatic heterocycles. The highest BCUT2D eigenvalue weighted by atomic mass is 15.3. The molecule has 1 rings (SSSR count). The summed E-state index contributed by atoms with van der Waals surface area (Å²) in [6.45, 7) is 8.30. The largest absolute Gasteiger partial charge is 0.271 e. The quantitative estimate of drug-likeness (QED) is 0.720. The number of hydrogen-bond acceptors (Lipinski definition) is 2. The van der Waals surface area contributed by atoms with E-state index in [0.717, 1.165) is 17.0 Å². The normalized spacial score (nSPS) is 11.0. The predicted octanol–water partition coefficient (Wildman–Crippen LogP) is 2.54. The van der Waals surface area contributed by atoms with Crippen LogP contribution in [-0.4, -0.2) is 9.78 Å². The van der Waals surface area contributed by atoms with Crippen LogP contribution in [-0.2, 0) is 7.05 Å². The van der Waals surface area contributed by atoms with Crippen LogP contribution in [0.1, 0.15) is 56.5 Å². The van der Waals surface area contributed by atoms with Gasteiger partial charge in [-0.3, -0.25) is 4.68 Å². The lowest BCUT2D eigenvalue weighted by Gasteiger charge is -2.05. The summed E-state index contributed by atoms with van der Waals surface area (Å²) < 4.78 is 1.83. The Morgan fingerprint density at radius 3 is 2.14 bits per heavy atom. The van der Waals surface area contributed by atoms with E-state index in [1.807, 2.05) is 11.7 Å². The second kappa shape index (κ2) is 3.83. The van der Waals surface area contributed by atoms with Gasteiger partial charge in [-0.05, 0) is 11.8 Å². The lowest BCUT2D eigenvalue weighted by atomic mass is 10.00. The summed E-state index contributed by atoms with van der Waals surface area (Å²) in [4.78, 5) is 0. The van der Waals surface area contributed by atoms with Gasteiger partial charge in [0, 0.05) is 7.05 Å². The van der Waals surface area contributed by atoms with Crippen molar-refractivity contribution in [1.29, 1.82) is 5.26 Å². The zero-order chi connectivity index (χ0) is 10.9. The molecule has 3 nitrogen and oxygen atoms in total. The molecule has 0 aliphatic carbocycles. The Balaban J connectivity index is 3.38. The van der Waals surface area contributed by atoms with E-state index in [2.05, 4.69) is 38.9 Å². The molecule has 0 aliphatic rings. The van der Waals surface area contributed by atoms with Gasteiger partial charge < -0.3 is 0 Å². The highest BCUT2D eigenvalue weighted by Crippen LogP contribution is 2.25. The van der Waals surface area contributed by atoms with E-state index in [4.69, 9.17) is 5.26 Å². The van der Waals surface area contributed by atoms with Crippen LogP contribution in [0.25, 0.3) is 0 Å². The van der Waals surface area contributed by atoms with Gasteiger partial charge in [0.25, 0.3) is 0 Å². The van der Waals surface area contributed by atoms with Gasteiger partial charge in [-0.15, -0.1) is 0 Å². The van der Waals surface area contributed by atoms with Crippen molar-refractivity contribution in [2.45, 2.75) is 39.5 Å². The van der Waals surface area contributed by atoms with Crippen molar-refractivity contribution in [2.75, 3.05) is 0 Å². The molecule has 1 aromatic rings. The van der Waals surface area contributed by atoms with Crippen LogP contribution < -0.4 is 0 Å². The number of hydrogen-bond donors (Lipinski definition) is 0. The summed E-state index contributed by atoms with van der Waals surface area (Å²) in [6, 6.07) is 2.26. The Labute approximate surface area is 85.4 Å². The zero-order valence-corrected chi connectivity index (χ0v) is 9.50. The van der Waals surface area contributed by atoms with Crippen LogP contribution in [0.15, 0.2) is 0 Å². The Kier molecular flexibility index (Phi) is 2.95. The molecule has 0 unspecified atom stereocenters.